The Morgan fingerprint density at radius 1 is 1.89 bits per heavy atom. The number of thiocyanates is 1. The van der Waals surface area contributed by atoms with Crippen LogP contribution >= 0.6 is 27.7 Å². The second kappa shape index (κ2) is 6.18. The fraction of sp³-hybridized carbons (Fsp3) is 0.500. The quantitative estimate of drug-likeness (QED) is 0.662. The van der Waals surface area contributed by atoms with Crippen LogP contribution in [0, 0.1) is 10.7 Å². The third-order valence-corrected chi connectivity index (χ3v) is 2.16. The molecule has 50 valence electrons. The number of rotatable bonds is 3. The van der Waals surface area contributed by atoms with Gasteiger partial charge in [0.25, 0.3) is 0 Å². The first-order valence-corrected chi connectivity index (χ1v) is 4.37. The summed E-state index contributed by atoms with van der Waals surface area (Å²) >= 11 is 4.48. The smallest absolute Gasteiger partial charge is 0.137 e. The van der Waals surface area contributed by atoms with Crippen molar-refractivity contribution in [2.75, 3.05) is 0 Å². The molecule has 0 aliphatic carbocycles. The fourth-order valence-corrected chi connectivity index (χ4v) is 1.36. The standard InChI is InChI=1S/C6H8BrNS/c1-2-3-6(7)4-9-5-8/h4H,2-3H2,1H3/b6-4-. The predicted molar refractivity (Wildman–Crippen MR) is 45.1 cm³/mol. The Bertz CT molecular complexity index is 136. The van der Waals surface area contributed by atoms with Crippen molar-refractivity contribution < 1.29 is 0 Å². The Morgan fingerprint density at radius 3 is 3.00 bits per heavy atom. The maximum absolute atomic E-state index is 8.13. The van der Waals surface area contributed by atoms with Crippen molar-refractivity contribution in [2.45, 2.75) is 19.8 Å². The number of allylic oxidation sites excluding steroid dienone is 1. The first kappa shape index (κ1) is 9.06. The Hall–Kier alpha value is 0.0600. The molecule has 0 aromatic heterocycles. The van der Waals surface area contributed by atoms with E-state index in [0.29, 0.717) is 0 Å². The SMILES string of the molecule is CCC/C(Br)=C/SC#N. The molecule has 0 amide bonds. The maximum atomic E-state index is 8.13. The summed E-state index contributed by atoms with van der Waals surface area (Å²) in [6, 6.07) is 0. The number of thioether (sulfide) groups is 1. The van der Waals surface area contributed by atoms with Crippen LogP contribution in [0.1, 0.15) is 19.8 Å². The molecule has 0 radical (unpaired) electrons. The summed E-state index contributed by atoms with van der Waals surface area (Å²) in [5.74, 6) is 0. The van der Waals surface area contributed by atoms with Crippen LogP contribution in [0.5, 0.6) is 0 Å². The second-order valence-corrected chi connectivity index (χ2v) is 3.20. The Kier molecular flexibility index (Phi) is 6.23. The van der Waals surface area contributed by atoms with Crippen LogP contribution in [0.25, 0.3) is 0 Å². The molecule has 0 saturated heterocycles. The van der Waals surface area contributed by atoms with Crippen molar-refractivity contribution >= 4 is 27.7 Å². The highest BCUT2D eigenvalue weighted by Gasteiger charge is 1.86. The van der Waals surface area contributed by atoms with Gasteiger partial charge in [-0.3, -0.25) is 0 Å². The molecule has 0 heterocycles. The third kappa shape index (κ3) is 5.94. The summed E-state index contributed by atoms with van der Waals surface area (Å²) in [4.78, 5) is 0. The van der Waals surface area contributed by atoms with E-state index in [1.165, 1.54) is 0 Å². The summed E-state index contributed by atoms with van der Waals surface area (Å²) in [5, 5.41) is 11.9. The lowest BCUT2D eigenvalue weighted by atomic mass is 10.3. The van der Waals surface area contributed by atoms with Gasteiger partial charge in [-0.1, -0.05) is 29.3 Å². The molecular weight excluding hydrogens is 198 g/mol. The van der Waals surface area contributed by atoms with E-state index in [0.717, 1.165) is 29.1 Å². The lowest BCUT2D eigenvalue weighted by Gasteiger charge is -1.89. The van der Waals surface area contributed by atoms with Gasteiger partial charge in [0.2, 0.25) is 0 Å². The van der Waals surface area contributed by atoms with Crippen molar-refractivity contribution in [2.24, 2.45) is 0 Å². The van der Waals surface area contributed by atoms with Crippen LogP contribution in [0.3, 0.4) is 0 Å². The molecule has 0 bridgehead atoms. The third-order valence-electron chi connectivity index (χ3n) is 0.728. The molecule has 0 N–H and O–H groups in total. The average Bonchev–Trinajstić information content (AvgIpc) is 1.85. The van der Waals surface area contributed by atoms with E-state index in [4.69, 9.17) is 5.26 Å². The van der Waals surface area contributed by atoms with Crippen LogP contribution in [-0.4, -0.2) is 0 Å². The molecular formula is C6H8BrNS. The summed E-state index contributed by atoms with van der Waals surface area (Å²) in [5.41, 5.74) is 0. The molecule has 0 unspecified atom stereocenters. The predicted octanol–water partition coefficient (Wildman–Crippen LogP) is 3.24. The van der Waals surface area contributed by atoms with Gasteiger partial charge in [-0.15, -0.1) is 0 Å². The number of nitrogens with zero attached hydrogens (tertiary/aromatic N) is 1. The van der Waals surface area contributed by atoms with Gasteiger partial charge in [-0.2, -0.15) is 5.26 Å². The topological polar surface area (TPSA) is 23.8 Å². The Balaban J connectivity index is 3.45. The van der Waals surface area contributed by atoms with Crippen molar-refractivity contribution in [1.82, 2.24) is 0 Å². The fourth-order valence-electron chi connectivity index (χ4n) is 0.388. The van der Waals surface area contributed by atoms with Crippen molar-refractivity contribution in [3.8, 4) is 5.40 Å². The highest BCUT2D eigenvalue weighted by molar-refractivity contribution is 9.11. The molecule has 0 aliphatic heterocycles. The number of halogens is 1. The van der Waals surface area contributed by atoms with Crippen LogP contribution < -0.4 is 0 Å². The van der Waals surface area contributed by atoms with Gasteiger partial charge in [-0.25, -0.2) is 0 Å². The summed E-state index contributed by atoms with van der Waals surface area (Å²) < 4.78 is 1.11. The van der Waals surface area contributed by atoms with Gasteiger partial charge >= 0.3 is 0 Å². The molecule has 3 heteroatoms. The maximum Gasteiger partial charge on any atom is 0.137 e. The number of hydrogen-bond acceptors (Lipinski definition) is 2. The normalized spacial score (nSPS) is 11.0. The van der Waals surface area contributed by atoms with Crippen LogP contribution in [0.2, 0.25) is 0 Å². The summed E-state index contributed by atoms with van der Waals surface area (Å²) in [7, 11) is 0. The monoisotopic (exact) mass is 205 g/mol. The minimum atomic E-state index is 1.02. The van der Waals surface area contributed by atoms with E-state index >= 15 is 0 Å². The van der Waals surface area contributed by atoms with E-state index in [-0.39, 0.29) is 0 Å². The molecule has 0 spiro atoms. The van der Waals surface area contributed by atoms with Gasteiger partial charge in [0.05, 0.1) is 0 Å². The zero-order valence-corrected chi connectivity index (χ0v) is 7.63. The van der Waals surface area contributed by atoms with Gasteiger partial charge in [0.1, 0.15) is 5.40 Å². The summed E-state index contributed by atoms with van der Waals surface area (Å²) in [6.07, 6.45) is 2.14. The average molecular weight is 206 g/mol. The minimum Gasteiger partial charge on any atom is -0.185 e. The second-order valence-electron chi connectivity index (χ2n) is 1.52. The van der Waals surface area contributed by atoms with Crippen LogP contribution in [0.4, 0.5) is 0 Å². The van der Waals surface area contributed by atoms with Crippen LogP contribution in [0.15, 0.2) is 9.89 Å². The molecule has 0 saturated carbocycles. The van der Waals surface area contributed by atoms with Crippen molar-refractivity contribution in [3.63, 3.8) is 0 Å². The minimum absolute atomic E-state index is 1.02. The van der Waals surface area contributed by atoms with Crippen molar-refractivity contribution in [3.05, 3.63) is 9.89 Å². The van der Waals surface area contributed by atoms with E-state index < -0.39 is 0 Å². The van der Waals surface area contributed by atoms with E-state index in [2.05, 4.69) is 22.9 Å². The lowest BCUT2D eigenvalue weighted by molar-refractivity contribution is 0.952. The number of hydrogen-bond donors (Lipinski definition) is 0. The molecule has 0 atom stereocenters. The summed E-state index contributed by atoms with van der Waals surface area (Å²) in [6.45, 7) is 2.10. The molecule has 1 nitrogen and oxygen atoms in total. The Labute approximate surface area is 68.3 Å². The molecule has 0 rings (SSSR count). The molecule has 9 heavy (non-hydrogen) atoms. The van der Waals surface area contributed by atoms with Gasteiger partial charge < -0.3 is 0 Å². The highest BCUT2D eigenvalue weighted by atomic mass is 79.9. The molecule has 0 aliphatic rings. The molecule has 0 aromatic carbocycles. The van der Waals surface area contributed by atoms with E-state index in [9.17, 15) is 0 Å². The zero-order chi connectivity index (χ0) is 7.11. The van der Waals surface area contributed by atoms with E-state index in [1.807, 2.05) is 10.8 Å². The largest absolute Gasteiger partial charge is 0.185 e. The van der Waals surface area contributed by atoms with E-state index in [1.54, 1.807) is 0 Å². The molecule has 0 aromatic rings. The number of nitriles is 1. The lowest BCUT2D eigenvalue weighted by Crippen LogP contribution is -1.66. The Morgan fingerprint density at radius 2 is 2.56 bits per heavy atom. The van der Waals surface area contributed by atoms with Gasteiger partial charge in [0, 0.05) is 4.48 Å². The van der Waals surface area contributed by atoms with Gasteiger partial charge in [0.15, 0.2) is 0 Å². The van der Waals surface area contributed by atoms with Crippen molar-refractivity contribution in [1.29, 1.82) is 5.26 Å². The molecule has 0 fully saturated rings. The first-order chi connectivity index (χ1) is 4.31. The first-order valence-electron chi connectivity index (χ1n) is 2.70. The zero-order valence-electron chi connectivity index (χ0n) is 5.22. The highest BCUT2D eigenvalue weighted by Crippen LogP contribution is 2.16. The van der Waals surface area contributed by atoms with Crippen LogP contribution in [-0.2, 0) is 0 Å². The van der Waals surface area contributed by atoms with Gasteiger partial charge in [-0.05, 0) is 23.6 Å².